The topological polar surface area (TPSA) is 77.4 Å². The average molecular weight is 280 g/mol. The lowest BCUT2D eigenvalue weighted by Gasteiger charge is -2.06. The molecule has 0 saturated heterocycles. The van der Waals surface area contributed by atoms with Crippen LogP contribution in [0.5, 0.6) is 0 Å². The maximum atomic E-state index is 11.7. The lowest BCUT2D eigenvalue weighted by molar-refractivity contribution is 0.0595. The van der Waals surface area contributed by atoms with Gasteiger partial charge in [0.1, 0.15) is 11.3 Å². The van der Waals surface area contributed by atoms with Crippen LogP contribution in [0.2, 0.25) is 0 Å². The van der Waals surface area contributed by atoms with Crippen LogP contribution in [0.4, 0.5) is 0 Å². The van der Waals surface area contributed by atoms with E-state index in [2.05, 4.69) is 22.3 Å². The summed E-state index contributed by atoms with van der Waals surface area (Å²) in [5, 5.41) is 10.2. The number of likely N-dealkylation sites (N-methyl/N-ethyl adjacent to an activating group) is 1. The van der Waals surface area contributed by atoms with Gasteiger partial charge >= 0.3 is 5.97 Å². The Labute approximate surface area is 118 Å². The number of ether oxygens (including phenoxy) is 2. The molecule has 7 heteroatoms. The highest BCUT2D eigenvalue weighted by atomic mass is 16.5. The zero-order valence-electron chi connectivity index (χ0n) is 12.0. The normalized spacial score (nSPS) is 11.1. The highest BCUT2D eigenvalue weighted by Gasteiger charge is 2.17. The van der Waals surface area contributed by atoms with Crippen molar-refractivity contribution in [1.82, 2.24) is 20.4 Å². The van der Waals surface area contributed by atoms with Crippen molar-refractivity contribution in [3.63, 3.8) is 0 Å². The van der Waals surface area contributed by atoms with Crippen LogP contribution >= 0.6 is 0 Å². The number of hydrogen-bond acceptors (Lipinski definition) is 6. The van der Waals surface area contributed by atoms with Crippen molar-refractivity contribution in [3.05, 3.63) is 42.1 Å². The molecule has 0 radical (unpaired) electrons. The Morgan fingerprint density at radius 2 is 2.30 bits per heavy atom. The molecule has 0 aromatic carbocycles. The summed E-state index contributed by atoms with van der Waals surface area (Å²) in [6, 6.07) is 0. The molecule has 0 bridgehead atoms. The largest absolute Gasteiger partial charge is 0.465 e. The zero-order chi connectivity index (χ0) is 15.0. The Hall–Kier alpha value is -2.28. The summed E-state index contributed by atoms with van der Waals surface area (Å²) in [5.41, 5.74) is 1.83. The molecule has 20 heavy (non-hydrogen) atoms. The van der Waals surface area contributed by atoms with Gasteiger partial charge in [-0.05, 0) is 6.20 Å². The van der Waals surface area contributed by atoms with Gasteiger partial charge in [0, 0.05) is 32.3 Å². The Bertz CT molecular complexity index is 494. The van der Waals surface area contributed by atoms with E-state index in [1.54, 1.807) is 37.4 Å². The zero-order valence-corrected chi connectivity index (χ0v) is 12.0. The van der Waals surface area contributed by atoms with Gasteiger partial charge in [0.15, 0.2) is 0 Å². The molecule has 0 aliphatic carbocycles. The second-order valence-corrected chi connectivity index (χ2v) is 3.90. The van der Waals surface area contributed by atoms with Gasteiger partial charge in [-0.25, -0.2) is 4.79 Å². The van der Waals surface area contributed by atoms with Crippen molar-refractivity contribution in [3.8, 4) is 0 Å². The summed E-state index contributed by atoms with van der Waals surface area (Å²) in [5.74, 6) is -0.428. The van der Waals surface area contributed by atoms with E-state index in [-0.39, 0.29) is 6.61 Å². The monoisotopic (exact) mass is 280 g/mol. The first kappa shape index (κ1) is 15.8. The van der Waals surface area contributed by atoms with Crippen LogP contribution in [-0.2, 0) is 22.6 Å². The lowest BCUT2D eigenvalue weighted by Crippen LogP contribution is -2.16. The van der Waals surface area contributed by atoms with Gasteiger partial charge in [-0.15, -0.1) is 0 Å². The number of allylic oxidation sites excluding steroid dienone is 1. The number of rotatable bonds is 8. The van der Waals surface area contributed by atoms with Crippen LogP contribution in [0.25, 0.3) is 0 Å². The van der Waals surface area contributed by atoms with Crippen LogP contribution < -0.4 is 10.6 Å². The Balaban J connectivity index is 2.95. The van der Waals surface area contributed by atoms with Crippen LogP contribution in [0.15, 0.2) is 30.9 Å². The molecule has 7 nitrogen and oxygen atoms in total. The highest BCUT2D eigenvalue weighted by molar-refractivity contribution is 5.90. The van der Waals surface area contributed by atoms with Crippen molar-refractivity contribution in [1.29, 1.82) is 0 Å². The second-order valence-electron chi connectivity index (χ2n) is 3.90. The van der Waals surface area contributed by atoms with Gasteiger partial charge in [-0.2, -0.15) is 5.10 Å². The van der Waals surface area contributed by atoms with Crippen molar-refractivity contribution < 1.29 is 14.3 Å². The molecule has 0 amide bonds. The second kappa shape index (κ2) is 8.00. The van der Waals surface area contributed by atoms with E-state index < -0.39 is 5.97 Å². The lowest BCUT2D eigenvalue weighted by atomic mass is 10.2. The molecule has 0 aliphatic rings. The number of carbonyl (C=O) groups is 1. The molecule has 0 saturated carbocycles. The van der Waals surface area contributed by atoms with E-state index in [0.29, 0.717) is 17.8 Å². The highest BCUT2D eigenvalue weighted by Crippen LogP contribution is 2.10. The van der Waals surface area contributed by atoms with Gasteiger partial charge in [-0.1, -0.05) is 6.58 Å². The predicted octanol–water partition coefficient (Wildman–Crippen LogP) is 0.610. The number of carbonyl (C=O) groups excluding carboxylic acids is 1. The van der Waals surface area contributed by atoms with Crippen molar-refractivity contribution >= 4 is 5.97 Å². The molecule has 0 aliphatic heterocycles. The fourth-order valence-corrected chi connectivity index (χ4v) is 1.60. The van der Waals surface area contributed by atoms with E-state index in [0.717, 1.165) is 5.70 Å². The summed E-state index contributed by atoms with van der Waals surface area (Å²) in [6.45, 7) is 4.30. The van der Waals surface area contributed by atoms with Gasteiger partial charge in [0.2, 0.25) is 0 Å². The first-order chi connectivity index (χ1) is 9.65. The molecule has 0 unspecified atom stereocenters. The SMILES string of the molecule is C=CN/C=C(/Cn1cc(C(=O)OC)c(COC)n1)NC. The Morgan fingerprint density at radius 3 is 2.85 bits per heavy atom. The van der Waals surface area contributed by atoms with E-state index in [1.807, 2.05) is 0 Å². The number of esters is 1. The third-order valence-corrected chi connectivity index (χ3v) is 2.55. The first-order valence-electron chi connectivity index (χ1n) is 6.03. The van der Waals surface area contributed by atoms with E-state index >= 15 is 0 Å². The molecular weight excluding hydrogens is 260 g/mol. The molecule has 1 heterocycles. The summed E-state index contributed by atoms with van der Waals surface area (Å²) >= 11 is 0. The fraction of sp³-hybridized carbons (Fsp3) is 0.385. The minimum atomic E-state index is -0.428. The molecular formula is C13H20N4O3. The fourth-order valence-electron chi connectivity index (χ4n) is 1.60. The number of hydrogen-bond donors (Lipinski definition) is 2. The van der Waals surface area contributed by atoms with E-state index in [1.165, 1.54) is 7.11 Å². The molecule has 0 fully saturated rings. The summed E-state index contributed by atoms with van der Waals surface area (Å²) in [6.07, 6.45) is 4.97. The van der Waals surface area contributed by atoms with Gasteiger partial charge < -0.3 is 20.1 Å². The number of nitrogens with zero attached hydrogens (tertiary/aromatic N) is 2. The maximum absolute atomic E-state index is 11.7. The maximum Gasteiger partial charge on any atom is 0.341 e. The minimum Gasteiger partial charge on any atom is -0.465 e. The summed E-state index contributed by atoms with van der Waals surface area (Å²) in [7, 11) is 4.69. The standard InChI is InChI=1S/C13H20N4O3/c1-5-15-6-10(14-2)7-17-8-11(13(18)20-4)12(16-17)9-19-3/h5-6,8,14-15H,1,7,9H2,2-4H3/b10-6-. The Kier molecular flexibility index (Phi) is 6.31. The van der Waals surface area contributed by atoms with Gasteiger partial charge in [-0.3, -0.25) is 4.68 Å². The molecule has 0 atom stereocenters. The predicted molar refractivity (Wildman–Crippen MR) is 74.8 cm³/mol. The Morgan fingerprint density at radius 1 is 1.55 bits per heavy atom. The third-order valence-electron chi connectivity index (χ3n) is 2.55. The molecule has 0 spiro atoms. The number of methoxy groups -OCH3 is 2. The third kappa shape index (κ3) is 4.13. The van der Waals surface area contributed by atoms with Crippen molar-refractivity contribution in [2.24, 2.45) is 0 Å². The first-order valence-corrected chi connectivity index (χ1v) is 6.03. The quantitative estimate of drug-likeness (QED) is 0.679. The molecule has 1 aromatic rings. The van der Waals surface area contributed by atoms with Crippen LogP contribution in [0.3, 0.4) is 0 Å². The number of nitrogens with one attached hydrogen (secondary N) is 2. The molecule has 2 N–H and O–H groups in total. The summed E-state index contributed by atoms with van der Waals surface area (Å²) in [4.78, 5) is 11.7. The molecule has 110 valence electrons. The van der Waals surface area contributed by atoms with E-state index in [9.17, 15) is 4.79 Å². The van der Waals surface area contributed by atoms with Crippen molar-refractivity contribution in [2.75, 3.05) is 21.3 Å². The van der Waals surface area contributed by atoms with Crippen LogP contribution in [0, 0.1) is 0 Å². The van der Waals surface area contributed by atoms with Crippen LogP contribution in [-0.4, -0.2) is 37.0 Å². The van der Waals surface area contributed by atoms with Gasteiger partial charge in [0.25, 0.3) is 0 Å². The van der Waals surface area contributed by atoms with Crippen molar-refractivity contribution in [2.45, 2.75) is 13.2 Å². The number of aromatic nitrogens is 2. The van der Waals surface area contributed by atoms with Gasteiger partial charge in [0.05, 0.1) is 20.3 Å². The minimum absolute atomic E-state index is 0.251. The molecule has 1 aromatic heterocycles. The summed E-state index contributed by atoms with van der Waals surface area (Å²) < 4.78 is 11.4. The smallest absolute Gasteiger partial charge is 0.341 e. The molecule has 1 rings (SSSR count). The average Bonchev–Trinajstić information content (AvgIpc) is 2.85. The van der Waals surface area contributed by atoms with Crippen LogP contribution in [0.1, 0.15) is 16.1 Å². The van der Waals surface area contributed by atoms with E-state index in [4.69, 9.17) is 9.47 Å².